The molecule has 6 rings (SSSR count). The Labute approximate surface area is 215 Å². The van der Waals surface area contributed by atoms with Crippen LogP contribution in [-0.4, -0.2) is 67.2 Å². The number of hydrogen-bond acceptors (Lipinski definition) is 8. The molecule has 2 amide bonds. The molecule has 194 valence electrons. The second kappa shape index (κ2) is 8.76. The van der Waals surface area contributed by atoms with Gasteiger partial charge in [0.15, 0.2) is 11.5 Å². The molecular weight excluding hydrogens is 476 g/mol. The highest BCUT2D eigenvalue weighted by atomic mass is 16.7. The van der Waals surface area contributed by atoms with Crippen molar-refractivity contribution < 1.29 is 33.3 Å². The van der Waals surface area contributed by atoms with Crippen molar-refractivity contribution >= 4 is 17.8 Å². The molecule has 0 unspecified atom stereocenters. The molecule has 37 heavy (non-hydrogen) atoms. The van der Waals surface area contributed by atoms with Crippen molar-refractivity contribution in [3.63, 3.8) is 0 Å². The average Bonchev–Trinajstić information content (AvgIpc) is 3.59. The van der Waals surface area contributed by atoms with Crippen molar-refractivity contribution in [3.8, 4) is 28.4 Å². The van der Waals surface area contributed by atoms with Crippen LogP contribution in [0.15, 0.2) is 36.4 Å². The van der Waals surface area contributed by atoms with E-state index in [1.807, 2.05) is 36.4 Å². The number of ether oxygens (including phenoxy) is 4. The van der Waals surface area contributed by atoms with Crippen molar-refractivity contribution in [2.24, 2.45) is 11.8 Å². The van der Waals surface area contributed by atoms with Crippen LogP contribution < -0.4 is 14.2 Å². The van der Waals surface area contributed by atoms with Crippen LogP contribution in [0, 0.1) is 11.8 Å². The zero-order chi connectivity index (χ0) is 25.9. The SMILES string of the molecule is CCN1C(=O)[C@@H]2[C@@H](c3ccc(-c4ccc5c(c4)OCO5)c(OC)c3)N3CCCC[C@@]3(C(=O)OC)[C@@H]2C1=O. The van der Waals surface area contributed by atoms with Gasteiger partial charge in [-0.25, -0.2) is 0 Å². The second-order valence-corrected chi connectivity index (χ2v) is 9.96. The van der Waals surface area contributed by atoms with Crippen LogP contribution in [0.5, 0.6) is 17.2 Å². The maximum Gasteiger partial charge on any atom is 0.327 e. The predicted molar refractivity (Wildman–Crippen MR) is 132 cm³/mol. The summed E-state index contributed by atoms with van der Waals surface area (Å²) in [7, 11) is 2.96. The number of likely N-dealkylation sites (tertiary alicyclic amines) is 1. The number of amides is 2. The van der Waals surface area contributed by atoms with Crippen molar-refractivity contribution in [1.29, 1.82) is 0 Å². The summed E-state index contributed by atoms with van der Waals surface area (Å²) in [6.45, 7) is 2.86. The number of benzene rings is 2. The summed E-state index contributed by atoms with van der Waals surface area (Å²) >= 11 is 0. The Morgan fingerprint density at radius 3 is 2.62 bits per heavy atom. The predicted octanol–water partition coefficient (Wildman–Crippen LogP) is 3.16. The maximum absolute atomic E-state index is 13.6. The van der Waals surface area contributed by atoms with Crippen LogP contribution >= 0.6 is 0 Å². The first kappa shape index (κ1) is 23.8. The summed E-state index contributed by atoms with van der Waals surface area (Å²) in [6, 6.07) is 11.1. The van der Waals surface area contributed by atoms with Gasteiger partial charge in [-0.05, 0) is 62.1 Å². The third-order valence-electron chi connectivity index (χ3n) is 8.46. The number of piperidine rings is 1. The molecule has 4 aliphatic heterocycles. The Kier molecular flexibility index (Phi) is 5.63. The van der Waals surface area contributed by atoms with Gasteiger partial charge in [-0.2, -0.15) is 0 Å². The Bertz CT molecular complexity index is 1290. The van der Waals surface area contributed by atoms with Gasteiger partial charge in [-0.1, -0.05) is 18.2 Å². The summed E-state index contributed by atoms with van der Waals surface area (Å²) < 4.78 is 22.1. The Hall–Kier alpha value is -3.59. The zero-order valence-electron chi connectivity index (χ0n) is 21.2. The van der Waals surface area contributed by atoms with Crippen LogP contribution in [0.2, 0.25) is 0 Å². The number of carbonyl (C=O) groups is 3. The van der Waals surface area contributed by atoms with Gasteiger partial charge < -0.3 is 18.9 Å². The summed E-state index contributed by atoms with van der Waals surface area (Å²) in [4.78, 5) is 44.0. The minimum absolute atomic E-state index is 0.193. The molecule has 0 N–H and O–H groups in total. The summed E-state index contributed by atoms with van der Waals surface area (Å²) in [5.74, 6) is -0.362. The van der Waals surface area contributed by atoms with Crippen LogP contribution in [-0.2, 0) is 19.1 Å². The number of methoxy groups -OCH3 is 2. The minimum Gasteiger partial charge on any atom is -0.496 e. The molecule has 4 atom stereocenters. The Morgan fingerprint density at radius 1 is 1.05 bits per heavy atom. The van der Waals surface area contributed by atoms with E-state index in [-0.39, 0.29) is 25.2 Å². The number of imide groups is 1. The largest absolute Gasteiger partial charge is 0.496 e. The maximum atomic E-state index is 13.6. The summed E-state index contributed by atoms with van der Waals surface area (Å²) in [5, 5.41) is 0. The fourth-order valence-electron chi connectivity index (χ4n) is 6.92. The number of fused-ring (bicyclic) bond motifs is 4. The first-order valence-corrected chi connectivity index (χ1v) is 12.7. The third kappa shape index (κ3) is 3.22. The van der Waals surface area contributed by atoms with Gasteiger partial charge in [0.1, 0.15) is 11.3 Å². The highest BCUT2D eigenvalue weighted by molar-refractivity contribution is 6.09. The Balaban J connectivity index is 1.47. The van der Waals surface area contributed by atoms with E-state index in [2.05, 4.69) is 4.90 Å². The van der Waals surface area contributed by atoms with Crippen molar-refractivity contribution in [2.75, 3.05) is 34.1 Å². The zero-order valence-corrected chi connectivity index (χ0v) is 21.2. The number of rotatable bonds is 5. The van der Waals surface area contributed by atoms with E-state index >= 15 is 0 Å². The fourth-order valence-corrected chi connectivity index (χ4v) is 6.92. The van der Waals surface area contributed by atoms with Crippen LogP contribution in [0.3, 0.4) is 0 Å². The van der Waals surface area contributed by atoms with E-state index in [0.29, 0.717) is 30.2 Å². The quantitative estimate of drug-likeness (QED) is 0.451. The van der Waals surface area contributed by atoms with E-state index in [0.717, 1.165) is 29.5 Å². The van der Waals surface area contributed by atoms with Gasteiger partial charge in [0, 0.05) is 18.2 Å². The number of carbonyl (C=O) groups excluding carboxylic acids is 3. The lowest BCUT2D eigenvalue weighted by molar-refractivity contribution is -0.164. The molecule has 0 aliphatic carbocycles. The smallest absolute Gasteiger partial charge is 0.327 e. The molecular formula is C28H30N2O7. The molecule has 4 aliphatic rings. The fraction of sp³-hybridized carbons (Fsp3) is 0.464. The molecule has 3 fully saturated rings. The van der Waals surface area contributed by atoms with Gasteiger partial charge in [-0.3, -0.25) is 24.2 Å². The molecule has 0 saturated carbocycles. The average molecular weight is 507 g/mol. The topological polar surface area (TPSA) is 94.6 Å². The lowest BCUT2D eigenvalue weighted by atomic mass is 9.75. The minimum atomic E-state index is -1.15. The van der Waals surface area contributed by atoms with E-state index in [1.165, 1.54) is 12.0 Å². The van der Waals surface area contributed by atoms with Crippen molar-refractivity contribution in [2.45, 2.75) is 37.8 Å². The molecule has 3 saturated heterocycles. The molecule has 2 aromatic carbocycles. The molecule has 0 bridgehead atoms. The highest BCUT2D eigenvalue weighted by Crippen LogP contribution is 2.58. The number of esters is 1. The lowest BCUT2D eigenvalue weighted by Gasteiger charge is -2.44. The molecule has 9 nitrogen and oxygen atoms in total. The van der Waals surface area contributed by atoms with E-state index in [4.69, 9.17) is 18.9 Å². The summed E-state index contributed by atoms with van der Waals surface area (Å²) in [6.07, 6.45) is 2.16. The molecule has 2 aromatic rings. The van der Waals surface area contributed by atoms with Crippen LogP contribution in [0.1, 0.15) is 37.8 Å². The molecule has 4 heterocycles. The number of hydrogen-bond donors (Lipinski definition) is 0. The van der Waals surface area contributed by atoms with Crippen LogP contribution in [0.4, 0.5) is 0 Å². The highest BCUT2D eigenvalue weighted by Gasteiger charge is 2.72. The molecule has 0 spiro atoms. The second-order valence-electron chi connectivity index (χ2n) is 9.96. The van der Waals surface area contributed by atoms with Crippen molar-refractivity contribution in [1.82, 2.24) is 9.80 Å². The molecule has 9 heteroatoms. The van der Waals surface area contributed by atoms with Gasteiger partial charge >= 0.3 is 5.97 Å². The van der Waals surface area contributed by atoms with Crippen molar-refractivity contribution in [3.05, 3.63) is 42.0 Å². The monoisotopic (exact) mass is 506 g/mol. The van der Waals surface area contributed by atoms with E-state index < -0.39 is 29.4 Å². The molecule has 0 aromatic heterocycles. The first-order chi connectivity index (χ1) is 18.0. The van der Waals surface area contributed by atoms with E-state index in [1.54, 1.807) is 14.0 Å². The Morgan fingerprint density at radius 2 is 1.86 bits per heavy atom. The first-order valence-electron chi connectivity index (χ1n) is 12.7. The summed E-state index contributed by atoms with van der Waals surface area (Å²) in [5.41, 5.74) is 1.45. The van der Waals surface area contributed by atoms with Crippen LogP contribution in [0.25, 0.3) is 11.1 Å². The standard InChI is InChI=1S/C28H30N2O7/c1-4-29-25(31)22-23(26(29)32)28(27(33)35-3)11-5-6-12-30(28)24(22)17-7-9-18(20(14-17)34-2)16-8-10-19-21(13-16)37-15-36-19/h7-10,13-14,22-24H,4-6,11-12,15H2,1-3H3/t22-,23-,24+,28-/m0/s1. The van der Waals surface area contributed by atoms with Gasteiger partial charge in [-0.15, -0.1) is 0 Å². The van der Waals surface area contributed by atoms with Gasteiger partial charge in [0.25, 0.3) is 0 Å². The van der Waals surface area contributed by atoms with E-state index in [9.17, 15) is 14.4 Å². The normalized spacial score (nSPS) is 28.3. The third-order valence-corrected chi connectivity index (χ3v) is 8.46. The number of nitrogens with zero attached hydrogens (tertiary/aromatic N) is 2. The molecule has 0 radical (unpaired) electrons. The van der Waals surface area contributed by atoms with Gasteiger partial charge in [0.05, 0.1) is 26.1 Å². The lowest BCUT2D eigenvalue weighted by Crippen LogP contribution is -2.59. The van der Waals surface area contributed by atoms with Gasteiger partial charge in [0.2, 0.25) is 18.6 Å².